The third kappa shape index (κ3) is 2.76. The zero-order valence-corrected chi connectivity index (χ0v) is 5.54. The van der Waals surface area contributed by atoms with Crippen LogP contribution in [0.3, 0.4) is 0 Å². The van der Waals surface area contributed by atoms with Gasteiger partial charge in [-0.3, -0.25) is 4.21 Å². The van der Waals surface area contributed by atoms with Crippen LogP contribution in [0.25, 0.3) is 0 Å². The third-order valence-corrected chi connectivity index (χ3v) is 1.50. The summed E-state index contributed by atoms with van der Waals surface area (Å²) in [6.07, 6.45) is 0. The van der Waals surface area contributed by atoms with Crippen LogP contribution in [0.5, 0.6) is 0 Å². The highest BCUT2D eigenvalue weighted by molar-refractivity contribution is 7.80. The fourth-order valence-electron chi connectivity index (χ4n) is 0. The van der Waals surface area contributed by atoms with Gasteiger partial charge in [0.15, 0.2) is 0 Å². The van der Waals surface area contributed by atoms with E-state index in [0.717, 1.165) is 0 Å². The van der Waals surface area contributed by atoms with E-state index in [4.69, 9.17) is 0 Å². The van der Waals surface area contributed by atoms with Gasteiger partial charge in [-0.2, -0.15) is 0 Å². The Balaban J connectivity index is 3.79. The highest BCUT2D eigenvalue weighted by Crippen LogP contribution is 2.06. The van der Waals surface area contributed by atoms with Gasteiger partial charge in [-0.25, -0.2) is 0 Å². The van der Waals surface area contributed by atoms with Crippen LogP contribution < -0.4 is 0 Å². The molecule has 0 heterocycles. The zero-order valence-electron chi connectivity index (χ0n) is 4.72. The van der Waals surface area contributed by atoms with Gasteiger partial charge in [0.1, 0.15) is 0 Å². The second-order valence-electron chi connectivity index (χ2n) is 2.35. The van der Waals surface area contributed by atoms with E-state index < -0.39 is 15.8 Å². The largest absolute Gasteiger partial charge is 0.772 e. The molecule has 0 aromatic carbocycles. The summed E-state index contributed by atoms with van der Waals surface area (Å²) in [5.74, 6) is 0. The molecular weight excluding hydrogens is 112 g/mol. The average Bonchev–Trinajstić information content (AvgIpc) is 1.31. The lowest BCUT2D eigenvalue weighted by molar-refractivity contribution is 0.505. The van der Waals surface area contributed by atoms with Gasteiger partial charge in [0.05, 0.1) is 0 Å². The van der Waals surface area contributed by atoms with E-state index in [1.54, 1.807) is 20.8 Å². The first-order valence-electron chi connectivity index (χ1n) is 2.04. The summed E-state index contributed by atoms with van der Waals surface area (Å²) >= 11 is -1.93. The van der Waals surface area contributed by atoms with Crippen LogP contribution >= 0.6 is 0 Å². The van der Waals surface area contributed by atoms with Crippen molar-refractivity contribution < 1.29 is 8.76 Å². The molecule has 0 aliphatic heterocycles. The molecule has 1 atom stereocenters. The van der Waals surface area contributed by atoms with E-state index in [1.807, 2.05) is 0 Å². The van der Waals surface area contributed by atoms with Crippen molar-refractivity contribution in [3.63, 3.8) is 0 Å². The van der Waals surface area contributed by atoms with Gasteiger partial charge >= 0.3 is 0 Å². The molecule has 0 aromatic rings. The van der Waals surface area contributed by atoms with Crippen molar-refractivity contribution in [1.82, 2.24) is 0 Å². The molecule has 0 fully saturated rings. The Morgan fingerprint density at radius 3 is 1.57 bits per heavy atom. The molecule has 0 saturated heterocycles. The van der Waals surface area contributed by atoms with Crippen molar-refractivity contribution in [2.24, 2.45) is 0 Å². The van der Waals surface area contributed by atoms with E-state index in [1.165, 1.54) is 0 Å². The Morgan fingerprint density at radius 2 is 1.57 bits per heavy atom. The molecular formula is C4H9O2S-. The minimum atomic E-state index is -1.93. The summed E-state index contributed by atoms with van der Waals surface area (Å²) in [7, 11) is 0. The Hall–Kier alpha value is 0.110. The predicted molar refractivity (Wildman–Crippen MR) is 28.7 cm³/mol. The van der Waals surface area contributed by atoms with Crippen LogP contribution in [0, 0.1) is 0 Å². The second kappa shape index (κ2) is 1.92. The highest BCUT2D eigenvalue weighted by Gasteiger charge is 2.08. The van der Waals surface area contributed by atoms with Gasteiger partial charge < -0.3 is 4.55 Å². The van der Waals surface area contributed by atoms with Gasteiger partial charge in [0, 0.05) is 4.75 Å². The van der Waals surface area contributed by atoms with Gasteiger partial charge in [-0.05, 0) is 31.9 Å². The van der Waals surface area contributed by atoms with Crippen LogP contribution in [0.15, 0.2) is 0 Å². The van der Waals surface area contributed by atoms with Crippen LogP contribution in [0.4, 0.5) is 0 Å². The molecule has 0 saturated carbocycles. The Kier molecular flexibility index (Phi) is 1.95. The normalized spacial score (nSPS) is 16.6. The summed E-state index contributed by atoms with van der Waals surface area (Å²) in [5.41, 5.74) is 0. The van der Waals surface area contributed by atoms with Crippen LogP contribution in [0.1, 0.15) is 20.8 Å². The summed E-state index contributed by atoms with van der Waals surface area (Å²) in [6.45, 7) is 4.95. The van der Waals surface area contributed by atoms with Crippen molar-refractivity contribution >= 4 is 11.1 Å². The number of rotatable bonds is 0. The molecule has 0 amide bonds. The second-order valence-corrected chi connectivity index (χ2v) is 4.04. The summed E-state index contributed by atoms with van der Waals surface area (Å²) in [4.78, 5) is 0. The zero-order chi connectivity index (χ0) is 6.08. The fraction of sp³-hybridized carbons (Fsp3) is 1.00. The first-order chi connectivity index (χ1) is 2.94. The van der Waals surface area contributed by atoms with Gasteiger partial charge in [-0.15, -0.1) is 0 Å². The van der Waals surface area contributed by atoms with Crippen molar-refractivity contribution in [2.45, 2.75) is 25.5 Å². The first-order valence-corrected chi connectivity index (χ1v) is 3.11. The maximum absolute atomic E-state index is 10.0. The van der Waals surface area contributed by atoms with Crippen LogP contribution in [-0.4, -0.2) is 13.5 Å². The van der Waals surface area contributed by atoms with Crippen molar-refractivity contribution in [3.05, 3.63) is 0 Å². The Bertz CT molecular complexity index is 82.2. The number of hydrogen-bond acceptors (Lipinski definition) is 2. The molecule has 0 spiro atoms. The minimum Gasteiger partial charge on any atom is -0.772 e. The fourth-order valence-corrected chi connectivity index (χ4v) is 0. The van der Waals surface area contributed by atoms with E-state index >= 15 is 0 Å². The Morgan fingerprint density at radius 1 is 1.43 bits per heavy atom. The molecule has 2 nitrogen and oxygen atoms in total. The smallest absolute Gasteiger partial charge is 0.0243 e. The summed E-state index contributed by atoms with van der Waals surface area (Å²) < 4.78 is 19.5. The molecule has 1 unspecified atom stereocenters. The quantitative estimate of drug-likeness (QED) is 0.442. The molecule has 3 heteroatoms. The highest BCUT2D eigenvalue weighted by atomic mass is 32.2. The summed E-state index contributed by atoms with van der Waals surface area (Å²) in [5, 5.41) is 0. The predicted octanol–water partition coefficient (Wildman–Crippen LogP) is 0.664. The average molecular weight is 121 g/mol. The van der Waals surface area contributed by atoms with Crippen molar-refractivity contribution in [2.75, 3.05) is 0 Å². The molecule has 0 N–H and O–H groups in total. The van der Waals surface area contributed by atoms with Crippen molar-refractivity contribution in [1.29, 1.82) is 0 Å². The van der Waals surface area contributed by atoms with Gasteiger partial charge in [0.2, 0.25) is 0 Å². The lowest BCUT2D eigenvalue weighted by Gasteiger charge is -2.20. The molecule has 7 heavy (non-hydrogen) atoms. The van der Waals surface area contributed by atoms with E-state index in [2.05, 4.69) is 0 Å². The molecule has 0 radical (unpaired) electrons. The molecule has 0 rings (SSSR count). The first kappa shape index (κ1) is 7.11. The Labute approximate surface area is 46.2 Å². The molecule has 0 aliphatic rings. The van der Waals surface area contributed by atoms with E-state index in [9.17, 15) is 8.76 Å². The monoisotopic (exact) mass is 121 g/mol. The summed E-state index contributed by atoms with van der Waals surface area (Å²) in [6, 6.07) is 0. The van der Waals surface area contributed by atoms with E-state index in [-0.39, 0.29) is 0 Å². The molecule has 44 valence electrons. The van der Waals surface area contributed by atoms with Gasteiger partial charge in [-0.1, -0.05) is 0 Å². The SMILES string of the molecule is CC(C)(C)S(=O)[O-]. The minimum absolute atomic E-state index is 0.583. The maximum Gasteiger partial charge on any atom is 0.0243 e. The molecule has 0 aliphatic carbocycles. The van der Waals surface area contributed by atoms with E-state index in [0.29, 0.717) is 0 Å². The van der Waals surface area contributed by atoms with Crippen molar-refractivity contribution in [3.8, 4) is 0 Å². The lowest BCUT2D eigenvalue weighted by atomic mass is 10.3. The molecule has 0 aromatic heterocycles. The maximum atomic E-state index is 10.0. The molecule has 0 bridgehead atoms. The lowest BCUT2D eigenvalue weighted by Crippen LogP contribution is -2.20. The third-order valence-electron chi connectivity index (χ3n) is 0.500. The number of hydrogen-bond donors (Lipinski definition) is 0. The van der Waals surface area contributed by atoms with Crippen LogP contribution in [-0.2, 0) is 11.1 Å². The van der Waals surface area contributed by atoms with Gasteiger partial charge in [0.25, 0.3) is 0 Å². The standard InChI is InChI=1S/C4H10O2S/c1-4(2,3)7(5)6/h1-3H3,(H,5,6)/p-1. The van der Waals surface area contributed by atoms with Crippen LogP contribution in [0.2, 0.25) is 0 Å². The topological polar surface area (TPSA) is 40.1 Å².